The lowest BCUT2D eigenvalue weighted by Gasteiger charge is -2.28. The SMILES string of the molecule is O=C(O)C1C2CCC(NCc3cccc(F)c3)(C(=O)O)C21. The molecule has 6 heteroatoms. The van der Waals surface area contributed by atoms with Crippen LogP contribution in [0, 0.1) is 23.6 Å². The summed E-state index contributed by atoms with van der Waals surface area (Å²) in [6, 6.07) is 5.94. The second-order valence-electron chi connectivity index (χ2n) is 5.85. The molecule has 3 rings (SSSR count). The Hall–Kier alpha value is -1.95. The zero-order valence-corrected chi connectivity index (χ0v) is 11.3. The molecule has 3 N–H and O–H groups in total. The molecule has 5 nitrogen and oxygen atoms in total. The van der Waals surface area contributed by atoms with Gasteiger partial charge in [0.2, 0.25) is 0 Å². The molecule has 1 aromatic carbocycles. The van der Waals surface area contributed by atoms with Crippen molar-refractivity contribution in [2.75, 3.05) is 0 Å². The highest BCUT2D eigenvalue weighted by Gasteiger charge is 2.71. The van der Waals surface area contributed by atoms with E-state index in [2.05, 4.69) is 5.32 Å². The highest BCUT2D eigenvalue weighted by molar-refractivity contribution is 5.85. The lowest BCUT2D eigenvalue weighted by Crippen LogP contribution is -2.53. The number of halogens is 1. The van der Waals surface area contributed by atoms with E-state index in [1.807, 2.05) is 0 Å². The summed E-state index contributed by atoms with van der Waals surface area (Å²) >= 11 is 0. The second kappa shape index (κ2) is 4.80. The van der Waals surface area contributed by atoms with E-state index in [0.29, 0.717) is 18.4 Å². The van der Waals surface area contributed by atoms with Crippen molar-refractivity contribution < 1.29 is 24.2 Å². The molecule has 0 bridgehead atoms. The van der Waals surface area contributed by atoms with Crippen LogP contribution in [0.25, 0.3) is 0 Å². The Labute approximate surface area is 120 Å². The van der Waals surface area contributed by atoms with Crippen molar-refractivity contribution >= 4 is 11.9 Å². The molecule has 112 valence electrons. The average molecular weight is 293 g/mol. The molecule has 0 aromatic heterocycles. The number of nitrogens with one attached hydrogen (secondary N) is 1. The van der Waals surface area contributed by atoms with Crippen LogP contribution in [0.4, 0.5) is 4.39 Å². The zero-order valence-electron chi connectivity index (χ0n) is 11.3. The summed E-state index contributed by atoms with van der Waals surface area (Å²) in [7, 11) is 0. The molecule has 4 atom stereocenters. The summed E-state index contributed by atoms with van der Waals surface area (Å²) in [5.74, 6) is -3.33. The summed E-state index contributed by atoms with van der Waals surface area (Å²) in [6.45, 7) is 0.208. The van der Waals surface area contributed by atoms with Crippen molar-refractivity contribution in [3.05, 3.63) is 35.6 Å². The third kappa shape index (κ3) is 2.19. The quantitative estimate of drug-likeness (QED) is 0.765. The molecule has 4 unspecified atom stereocenters. The van der Waals surface area contributed by atoms with Crippen molar-refractivity contribution in [2.24, 2.45) is 17.8 Å². The van der Waals surface area contributed by atoms with Gasteiger partial charge in [0.25, 0.3) is 0 Å². The van der Waals surface area contributed by atoms with Gasteiger partial charge in [0.15, 0.2) is 0 Å². The number of hydrogen-bond donors (Lipinski definition) is 3. The fourth-order valence-corrected chi connectivity index (χ4v) is 3.74. The highest BCUT2D eigenvalue weighted by Crippen LogP contribution is 2.62. The van der Waals surface area contributed by atoms with Gasteiger partial charge >= 0.3 is 11.9 Å². The third-order valence-electron chi connectivity index (χ3n) is 4.77. The maximum Gasteiger partial charge on any atom is 0.324 e. The van der Waals surface area contributed by atoms with E-state index in [1.54, 1.807) is 12.1 Å². The van der Waals surface area contributed by atoms with E-state index in [4.69, 9.17) is 5.11 Å². The number of benzene rings is 1. The van der Waals surface area contributed by atoms with Crippen LogP contribution in [0.5, 0.6) is 0 Å². The fraction of sp³-hybridized carbons (Fsp3) is 0.467. The smallest absolute Gasteiger partial charge is 0.324 e. The van der Waals surface area contributed by atoms with Crippen molar-refractivity contribution in [1.29, 1.82) is 0 Å². The van der Waals surface area contributed by atoms with Crippen molar-refractivity contribution in [3.63, 3.8) is 0 Å². The number of fused-ring (bicyclic) bond motifs is 1. The minimum absolute atomic E-state index is 0.0568. The largest absolute Gasteiger partial charge is 0.481 e. The average Bonchev–Trinajstić information content (AvgIpc) is 3.04. The molecule has 0 heterocycles. The highest BCUT2D eigenvalue weighted by atomic mass is 19.1. The molecule has 0 radical (unpaired) electrons. The second-order valence-corrected chi connectivity index (χ2v) is 5.85. The standard InChI is InChI=1S/C15H16FNO4/c16-9-3-1-2-8(6-9)7-17-15(14(20)21)5-4-10-11(12(10)15)13(18)19/h1-3,6,10-12,17H,4-5,7H2,(H,18,19)(H,20,21). The first kappa shape index (κ1) is 14.0. The van der Waals surface area contributed by atoms with Crippen LogP contribution < -0.4 is 5.32 Å². The molecule has 1 aromatic rings. The first-order valence-electron chi connectivity index (χ1n) is 6.91. The Morgan fingerprint density at radius 3 is 2.71 bits per heavy atom. The van der Waals surface area contributed by atoms with Crippen molar-refractivity contribution in [1.82, 2.24) is 5.32 Å². The van der Waals surface area contributed by atoms with Gasteiger partial charge < -0.3 is 10.2 Å². The van der Waals surface area contributed by atoms with Crippen molar-refractivity contribution in [2.45, 2.75) is 24.9 Å². The van der Waals surface area contributed by atoms with Gasteiger partial charge in [0, 0.05) is 12.5 Å². The maximum absolute atomic E-state index is 13.2. The number of hydrogen-bond acceptors (Lipinski definition) is 3. The van der Waals surface area contributed by atoms with Gasteiger partial charge in [-0.2, -0.15) is 0 Å². The topological polar surface area (TPSA) is 86.6 Å². The van der Waals surface area contributed by atoms with Gasteiger partial charge in [0.05, 0.1) is 5.92 Å². The van der Waals surface area contributed by atoms with Gasteiger partial charge in [-0.05, 0) is 36.5 Å². The number of aliphatic carboxylic acids is 2. The molecule has 2 saturated carbocycles. The molecule has 0 saturated heterocycles. The van der Waals surface area contributed by atoms with Gasteiger partial charge in [-0.15, -0.1) is 0 Å². The molecule has 2 fully saturated rings. The zero-order chi connectivity index (χ0) is 15.2. The van der Waals surface area contributed by atoms with E-state index < -0.39 is 23.4 Å². The van der Waals surface area contributed by atoms with E-state index in [9.17, 15) is 19.1 Å². The molecule has 0 aliphatic heterocycles. The van der Waals surface area contributed by atoms with Crippen LogP contribution in [0.3, 0.4) is 0 Å². The lowest BCUT2D eigenvalue weighted by molar-refractivity contribution is -0.147. The first-order valence-corrected chi connectivity index (χ1v) is 6.91. The van der Waals surface area contributed by atoms with Gasteiger partial charge in [-0.1, -0.05) is 12.1 Å². The van der Waals surface area contributed by atoms with E-state index in [0.717, 1.165) is 0 Å². The predicted octanol–water partition coefficient (Wildman–Crippen LogP) is 1.48. The van der Waals surface area contributed by atoms with Crippen LogP contribution >= 0.6 is 0 Å². The van der Waals surface area contributed by atoms with Crippen LogP contribution in [0.1, 0.15) is 18.4 Å². The Morgan fingerprint density at radius 1 is 1.38 bits per heavy atom. The summed E-state index contributed by atoms with van der Waals surface area (Å²) in [5, 5.41) is 21.7. The van der Waals surface area contributed by atoms with Gasteiger partial charge in [-0.25, -0.2) is 4.39 Å². The number of carbonyl (C=O) groups is 2. The number of carboxylic acid groups (broad SMARTS) is 2. The third-order valence-corrected chi connectivity index (χ3v) is 4.77. The fourth-order valence-electron chi connectivity index (χ4n) is 3.74. The number of rotatable bonds is 5. The molecule has 0 amide bonds. The van der Waals surface area contributed by atoms with Crippen molar-refractivity contribution in [3.8, 4) is 0 Å². The van der Waals surface area contributed by atoms with Gasteiger partial charge in [0.1, 0.15) is 11.4 Å². The minimum Gasteiger partial charge on any atom is -0.481 e. The molecular formula is C15H16FNO4. The number of carboxylic acids is 2. The Bertz CT molecular complexity index is 605. The van der Waals surface area contributed by atoms with Crippen LogP contribution in [0.15, 0.2) is 24.3 Å². The summed E-state index contributed by atoms with van der Waals surface area (Å²) in [4.78, 5) is 22.8. The van der Waals surface area contributed by atoms with Crippen LogP contribution in [-0.4, -0.2) is 27.7 Å². The summed E-state index contributed by atoms with van der Waals surface area (Å²) in [5.41, 5.74) is -0.563. The summed E-state index contributed by atoms with van der Waals surface area (Å²) < 4.78 is 13.2. The normalized spacial score (nSPS) is 33.5. The lowest BCUT2D eigenvalue weighted by atomic mass is 9.90. The Balaban J connectivity index is 1.77. The molecule has 2 aliphatic rings. The van der Waals surface area contributed by atoms with Crippen LogP contribution in [-0.2, 0) is 16.1 Å². The molecule has 21 heavy (non-hydrogen) atoms. The summed E-state index contributed by atoms with van der Waals surface area (Å²) in [6.07, 6.45) is 1.01. The van der Waals surface area contributed by atoms with Gasteiger partial charge in [-0.3, -0.25) is 14.9 Å². The molecular weight excluding hydrogens is 277 g/mol. The van der Waals surface area contributed by atoms with E-state index in [1.165, 1.54) is 12.1 Å². The molecule has 0 spiro atoms. The van der Waals surface area contributed by atoms with Crippen LogP contribution in [0.2, 0.25) is 0 Å². The monoisotopic (exact) mass is 293 g/mol. The minimum atomic E-state index is -1.21. The first-order chi connectivity index (χ1) is 9.95. The molecule has 2 aliphatic carbocycles. The Kier molecular flexibility index (Phi) is 3.20. The predicted molar refractivity (Wildman–Crippen MR) is 70.9 cm³/mol. The van der Waals surface area contributed by atoms with E-state index >= 15 is 0 Å². The Morgan fingerprint density at radius 2 is 2.14 bits per heavy atom. The maximum atomic E-state index is 13.2. The van der Waals surface area contributed by atoms with E-state index in [-0.39, 0.29) is 24.2 Å².